The van der Waals surface area contributed by atoms with E-state index in [1.165, 1.54) is 25.4 Å². The molecule has 154 valence electrons. The lowest BCUT2D eigenvalue weighted by molar-refractivity contribution is -0.137. The highest BCUT2D eigenvalue weighted by atomic mass is 19.4. The predicted molar refractivity (Wildman–Crippen MR) is 90.5 cm³/mol. The molecule has 1 aromatic heterocycles. The third-order valence-corrected chi connectivity index (χ3v) is 4.02. The normalized spacial score (nSPS) is 13.9. The number of rotatable bonds is 5. The molecule has 0 aliphatic carbocycles. The number of ether oxygens (including phenoxy) is 2. The van der Waals surface area contributed by atoms with Crippen molar-refractivity contribution in [2.24, 2.45) is 0 Å². The summed E-state index contributed by atoms with van der Waals surface area (Å²) in [5.74, 6) is -1.80. The molecule has 0 unspecified atom stereocenters. The molecular weight excluding hydrogens is 397 g/mol. The van der Waals surface area contributed by atoms with Gasteiger partial charge in [-0.05, 0) is 18.2 Å². The first kappa shape index (κ1) is 20.2. The summed E-state index contributed by atoms with van der Waals surface area (Å²) in [5, 5.41) is 6.34. The third kappa shape index (κ3) is 4.31. The third-order valence-electron chi connectivity index (χ3n) is 4.02. The predicted octanol–water partition coefficient (Wildman–Crippen LogP) is 1.61. The molecule has 0 spiro atoms. The van der Waals surface area contributed by atoms with Gasteiger partial charge in [-0.3, -0.25) is 9.69 Å². The van der Waals surface area contributed by atoms with Crippen molar-refractivity contribution in [2.75, 3.05) is 26.8 Å². The Bertz CT molecular complexity index is 957. The number of nitrogens with zero attached hydrogens (tertiary/aromatic N) is 3. The number of urea groups is 1. The number of nitrogens with one attached hydrogen (secondary N) is 1. The highest BCUT2D eigenvalue weighted by Crippen LogP contribution is 2.30. The van der Waals surface area contributed by atoms with Gasteiger partial charge in [-0.25, -0.2) is 14.3 Å². The largest absolute Gasteiger partial charge is 0.493 e. The SMILES string of the molecule is COc1cn(-c2cccc(C(F)(F)F)c2)nc1C(=O)OCC(=O)N1CCNC1=O. The van der Waals surface area contributed by atoms with Crippen molar-refractivity contribution in [3.8, 4) is 11.4 Å². The second-order valence-corrected chi connectivity index (χ2v) is 5.89. The highest BCUT2D eigenvalue weighted by molar-refractivity contribution is 5.98. The first-order valence-electron chi connectivity index (χ1n) is 8.27. The Hall–Kier alpha value is -3.57. The molecule has 3 amide bonds. The average Bonchev–Trinajstić information content (AvgIpc) is 3.31. The molecule has 1 aliphatic heterocycles. The topological polar surface area (TPSA) is 103 Å². The number of carbonyl (C=O) groups is 3. The van der Waals surface area contributed by atoms with E-state index in [0.717, 1.165) is 21.7 Å². The van der Waals surface area contributed by atoms with Gasteiger partial charge in [0, 0.05) is 13.1 Å². The molecular formula is C17H15F3N4O5. The Morgan fingerprint density at radius 2 is 2.07 bits per heavy atom. The molecule has 12 heteroatoms. The van der Waals surface area contributed by atoms with E-state index < -0.39 is 36.3 Å². The van der Waals surface area contributed by atoms with Gasteiger partial charge >= 0.3 is 18.2 Å². The van der Waals surface area contributed by atoms with Gasteiger partial charge in [-0.2, -0.15) is 18.3 Å². The maximum atomic E-state index is 12.9. The smallest absolute Gasteiger partial charge is 0.416 e. The summed E-state index contributed by atoms with van der Waals surface area (Å²) < 4.78 is 49.6. The zero-order chi connectivity index (χ0) is 21.2. The average molecular weight is 412 g/mol. The van der Waals surface area contributed by atoms with Crippen LogP contribution < -0.4 is 10.1 Å². The molecule has 0 saturated carbocycles. The molecule has 1 aliphatic rings. The number of hydrogen-bond donors (Lipinski definition) is 1. The Balaban J connectivity index is 1.77. The van der Waals surface area contributed by atoms with Crippen LogP contribution >= 0.6 is 0 Å². The monoisotopic (exact) mass is 412 g/mol. The summed E-state index contributed by atoms with van der Waals surface area (Å²) in [6, 6.07) is 3.74. The minimum Gasteiger partial charge on any atom is -0.493 e. The molecule has 1 N–H and O–H groups in total. The van der Waals surface area contributed by atoms with Gasteiger partial charge in [0.25, 0.3) is 5.91 Å². The fourth-order valence-corrected chi connectivity index (χ4v) is 2.59. The highest BCUT2D eigenvalue weighted by Gasteiger charge is 2.31. The molecule has 1 fully saturated rings. The molecule has 1 aromatic carbocycles. The zero-order valence-corrected chi connectivity index (χ0v) is 15.0. The fraction of sp³-hybridized carbons (Fsp3) is 0.294. The summed E-state index contributed by atoms with van der Waals surface area (Å²) in [6.07, 6.45) is -3.33. The van der Waals surface area contributed by atoms with Gasteiger partial charge in [-0.15, -0.1) is 0 Å². The molecule has 9 nitrogen and oxygen atoms in total. The quantitative estimate of drug-likeness (QED) is 0.749. The number of alkyl halides is 3. The van der Waals surface area contributed by atoms with Crippen LogP contribution in [-0.2, 0) is 15.7 Å². The van der Waals surface area contributed by atoms with Crippen molar-refractivity contribution in [2.45, 2.75) is 6.18 Å². The van der Waals surface area contributed by atoms with Gasteiger partial charge in [0.15, 0.2) is 12.4 Å². The number of imide groups is 1. The van der Waals surface area contributed by atoms with Crippen molar-refractivity contribution in [1.82, 2.24) is 20.0 Å². The Morgan fingerprint density at radius 1 is 1.31 bits per heavy atom. The fourth-order valence-electron chi connectivity index (χ4n) is 2.59. The summed E-state index contributed by atoms with van der Waals surface area (Å²) in [5.41, 5.74) is -1.17. The van der Waals surface area contributed by atoms with Gasteiger partial charge in [0.2, 0.25) is 5.69 Å². The van der Waals surface area contributed by atoms with Gasteiger partial charge in [0.05, 0.1) is 24.6 Å². The van der Waals surface area contributed by atoms with Crippen molar-refractivity contribution in [1.29, 1.82) is 0 Å². The van der Waals surface area contributed by atoms with E-state index in [1.807, 2.05) is 0 Å². The molecule has 0 atom stereocenters. The van der Waals surface area contributed by atoms with Gasteiger partial charge < -0.3 is 14.8 Å². The molecule has 2 aromatic rings. The van der Waals surface area contributed by atoms with Gasteiger partial charge in [-0.1, -0.05) is 6.07 Å². The van der Waals surface area contributed by atoms with E-state index >= 15 is 0 Å². The minimum absolute atomic E-state index is 0.0435. The van der Waals surface area contributed by atoms with Crippen LogP contribution in [0.3, 0.4) is 0 Å². The number of halogens is 3. The molecule has 2 heterocycles. The van der Waals surface area contributed by atoms with E-state index in [1.54, 1.807) is 0 Å². The Labute approximate surface area is 162 Å². The zero-order valence-electron chi connectivity index (χ0n) is 15.0. The van der Waals surface area contributed by atoms with Crippen LogP contribution in [0.5, 0.6) is 5.75 Å². The maximum Gasteiger partial charge on any atom is 0.416 e. The van der Waals surface area contributed by atoms with Crippen LogP contribution in [0.1, 0.15) is 16.1 Å². The number of aromatic nitrogens is 2. The van der Waals surface area contributed by atoms with Crippen LogP contribution in [0.2, 0.25) is 0 Å². The van der Waals surface area contributed by atoms with Crippen molar-refractivity contribution in [3.63, 3.8) is 0 Å². The lowest BCUT2D eigenvalue weighted by Gasteiger charge is -2.11. The molecule has 29 heavy (non-hydrogen) atoms. The standard InChI is InChI=1S/C17H15F3N4O5/c1-28-12-8-24(11-4-2-3-10(7-11)17(18,19)20)22-14(12)15(26)29-9-13(25)23-6-5-21-16(23)27/h2-4,7-8H,5-6,9H2,1H3,(H,21,27). The maximum absolute atomic E-state index is 12.9. The van der Waals surface area contributed by atoms with Crippen LogP contribution in [-0.4, -0.2) is 59.4 Å². The Morgan fingerprint density at radius 3 is 2.69 bits per heavy atom. The molecule has 3 rings (SSSR count). The second kappa shape index (κ2) is 7.81. The number of hydrogen-bond acceptors (Lipinski definition) is 6. The van der Waals surface area contributed by atoms with Crippen LogP contribution in [0.15, 0.2) is 30.5 Å². The van der Waals surface area contributed by atoms with Crippen molar-refractivity contribution < 1.29 is 37.0 Å². The van der Waals surface area contributed by atoms with Crippen molar-refractivity contribution in [3.05, 3.63) is 41.7 Å². The van der Waals surface area contributed by atoms with E-state index in [4.69, 9.17) is 9.47 Å². The van der Waals surface area contributed by atoms with Crippen LogP contribution in [0.4, 0.5) is 18.0 Å². The van der Waals surface area contributed by atoms with Gasteiger partial charge in [0.1, 0.15) is 0 Å². The Kier molecular flexibility index (Phi) is 5.43. The van der Waals surface area contributed by atoms with Crippen LogP contribution in [0, 0.1) is 0 Å². The first-order chi connectivity index (χ1) is 13.7. The van der Waals surface area contributed by atoms with Crippen LogP contribution in [0.25, 0.3) is 5.69 Å². The number of carbonyl (C=O) groups excluding carboxylic acids is 3. The minimum atomic E-state index is -4.54. The van der Waals surface area contributed by atoms with Crippen molar-refractivity contribution >= 4 is 17.9 Å². The van der Waals surface area contributed by atoms with E-state index in [-0.39, 0.29) is 23.7 Å². The van der Waals surface area contributed by atoms with E-state index in [0.29, 0.717) is 6.54 Å². The number of benzene rings is 1. The molecule has 0 radical (unpaired) electrons. The number of amides is 3. The summed E-state index contributed by atoms with van der Waals surface area (Å²) in [6.45, 7) is -0.248. The summed E-state index contributed by atoms with van der Waals surface area (Å²) >= 11 is 0. The summed E-state index contributed by atoms with van der Waals surface area (Å²) in [4.78, 5) is 36.5. The second-order valence-electron chi connectivity index (χ2n) is 5.89. The molecule has 1 saturated heterocycles. The first-order valence-corrected chi connectivity index (χ1v) is 8.27. The summed E-state index contributed by atoms with van der Waals surface area (Å²) in [7, 11) is 1.24. The lowest BCUT2D eigenvalue weighted by Crippen LogP contribution is -2.37. The number of esters is 1. The van der Waals surface area contributed by atoms with E-state index in [2.05, 4.69) is 10.4 Å². The lowest BCUT2D eigenvalue weighted by atomic mass is 10.2. The molecule has 0 bridgehead atoms. The van der Waals surface area contributed by atoms with E-state index in [9.17, 15) is 27.6 Å². The number of methoxy groups -OCH3 is 1.